The maximum atomic E-state index is 4.74. The van der Waals surface area contributed by atoms with Crippen LogP contribution in [-0.2, 0) is 12.8 Å². The standard InChI is InChI=1S/C18H17IN6/c1-10-8-20-12(3)18-23-16(24-25(10)18)7-4-13-9-21-17-11(2)14(19)5-6-15(17)22-13/h5-6,8-9H,4,7H2,1-3H3. The maximum Gasteiger partial charge on any atom is 0.177 e. The van der Waals surface area contributed by atoms with Crippen LogP contribution in [0.15, 0.2) is 24.5 Å². The van der Waals surface area contributed by atoms with Gasteiger partial charge in [-0.1, -0.05) is 0 Å². The predicted molar refractivity (Wildman–Crippen MR) is 105 cm³/mol. The van der Waals surface area contributed by atoms with Gasteiger partial charge in [0, 0.05) is 22.4 Å². The first kappa shape index (κ1) is 16.3. The molecule has 4 rings (SSSR count). The highest BCUT2D eigenvalue weighted by atomic mass is 127. The van der Waals surface area contributed by atoms with Crippen LogP contribution in [-0.4, -0.2) is 29.5 Å². The molecule has 0 amide bonds. The molecule has 0 spiro atoms. The second-order valence-corrected chi connectivity index (χ2v) is 7.31. The van der Waals surface area contributed by atoms with Crippen molar-refractivity contribution in [3.63, 3.8) is 0 Å². The molecule has 0 saturated carbocycles. The van der Waals surface area contributed by atoms with Crippen molar-refractivity contribution in [2.24, 2.45) is 0 Å². The number of halogens is 1. The third kappa shape index (κ3) is 2.97. The summed E-state index contributed by atoms with van der Waals surface area (Å²) in [5.41, 5.74) is 6.74. The van der Waals surface area contributed by atoms with Crippen LogP contribution in [0.1, 0.15) is 28.5 Å². The van der Waals surface area contributed by atoms with Gasteiger partial charge in [-0.05, 0) is 67.5 Å². The largest absolute Gasteiger partial charge is 0.256 e. The summed E-state index contributed by atoms with van der Waals surface area (Å²) in [6.07, 6.45) is 5.17. The number of aromatic nitrogens is 6. The van der Waals surface area contributed by atoms with Gasteiger partial charge in [0.25, 0.3) is 0 Å². The lowest BCUT2D eigenvalue weighted by Gasteiger charge is -2.05. The lowest BCUT2D eigenvalue weighted by Crippen LogP contribution is -2.00. The van der Waals surface area contributed by atoms with Gasteiger partial charge in [-0.25, -0.2) is 14.5 Å². The highest BCUT2D eigenvalue weighted by Gasteiger charge is 2.10. The fourth-order valence-corrected chi connectivity index (χ4v) is 3.28. The average Bonchev–Trinajstić information content (AvgIpc) is 3.05. The first-order chi connectivity index (χ1) is 12.0. The van der Waals surface area contributed by atoms with E-state index in [0.29, 0.717) is 0 Å². The average molecular weight is 444 g/mol. The van der Waals surface area contributed by atoms with Crippen molar-refractivity contribution in [3.05, 3.63) is 56.6 Å². The molecule has 0 atom stereocenters. The Hall–Kier alpha value is -2.16. The smallest absolute Gasteiger partial charge is 0.177 e. The molecular weight excluding hydrogens is 427 g/mol. The van der Waals surface area contributed by atoms with E-state index in [-0.39, 0.29) is 0 Å². The summed E-state index contributed by atoms with van der Waals surface area (Å²) in [7, 11) is 0. The van der Waals surface area contributed by atoms with Crippen molar-refractivity contribution in [1.82, 2.24) is 29.5 Å². The van der Waals surface area contributed by atoms with E-state index >= 15 is 0 Å². The fraction of sp³-hybridized carbons (Fsp3) is 0.278. The van der Waals surface area contributed by atoms with E-state index < -0.39 is 0 Å². The van der Waals surface area contributed by atoms with Gasteiger partial charge in [0.2, 0.25) is 0 Å². The van der Waals surface area contributed by atoms with E-state index in [1.165, 1.54) is 9.13 Å². The molecule has 1 aromatic carbocycles. The van der Waals surface area contributed by atoms with E-state index in [0.717, 1.165) is 52.4 Å². The minimum absolute atomic E-state index is 0.726. The van der Waals surface area contributed by atoms with Gasteiger partial charge in [0.15, 0.2) is 11.5 Å². The van der Waals surface area contributed by atoms with Crippen LogP contribution in [0.4, 0.5) is 0 Å². The van der Waals surface area contributed by atoms with E-state index in [4.69, 9.17) is 4.98 Å². The predicted octanol–water partition coefficient (Wildman–Crippen LogP) is 3.38. The summed E-state index contributed by atoms with van der Waals surface area (Å²) >= 11 is 2.33. The van der Waals surface area contributed by atoms with Crippen LogP contribution < -0.4 is 0 Å². The second kappa shape index (κ2) is 6.29. The maximum absolute atomic E-state index is 4.74. The molecule has 0 N–H and O–H groups in total. The van der Waals surface area contributed by atoms with Crippen molar-refractivity contribution >= 4 is 39.3 Å². The number of rotatable bonds is 3. The Bertz CT molecular complexity index is 1060. The van der Waals surface area contributed by atoms with Gasteiger partial charge >= 0.3 is 0 Å². The Morgan fingerprint density at radius 1 is 1.00 bits per heavy atom. The molecule has 0 radical (unpaired) electrons. The molecule has 4 aromatic rings. The SMILES string of the molecule is Cc1c(I)ccc2nc(CCc3nc4c(C)ncc(C)n4n3)cnc12. The zero-order valence-electron chi connectivity index (χ0n) is 14.3. The molecule has 3 aromatic heterocycles. The number of hydrogen-bond donors (Lipinski definition) is 0. The molecule has 7 heteroatoms. The Kier molecular flexibility index (Phi) is 4.10. The molecule has 126 valence electrons. The minimum Gasteiger partial charge on any atom is -0.256 e. The summed E-state index contributed by atoms with van der Waals surface area (Å²) in [6, 6.07) is 4.11. The number of fused-ring (bicyclic) bond motifs is 2. The van der Waals surface area contributed by atoms with Crippen LogP contribution in [0.3, 0.4) is 0 Å². The molecule has 0 unspecified atom stereocenters. The number of benzene rings is 1. The van der Waals surface area contributed by atoms with Crippen molar-refractivity contribution in [3.8, 4) is 0 Å². The van der Waals surface area contributed by atoms with Crippen LogP contribution in [0.25, 0.3) is 16.7 Å². The van der Waals surface area contributed by atoms with Gasteiger partial charge in [0.05, 0.1) is 28.1 Å². The third-order valence-electron chi connectivity index (χ3n) is 4.31. The normalized spacial score (nSPS) is 11.5. The van der Waals surface area contributed by atoms with E-state index in [1.807, 2.05) is 36.8 Å². The fourth-order valence-electron chi connectivity index (χ4n) is 2.84. The molecular formula is C18H17IN6. The lowest BCUT2D eigenvalue weighted by atomic mass is 10.2. The molecule has 0 aliphatic carbocycles. The molecule has 6 nitrogen and oxygen atoms in total. The first-order valence-corrected chi connectivity index (χ1v) is 9.19. The number of hydrogen-bond acceptors (Lipinski definition) is 5. The topological polar surface area (TPSA) is 68.9 Å². The van der Waals surface area contributed by atoms with Crippen LogP contribution >= 0.6 is 22.6 Å². The van der Waals surface area contributed by atoms with Crippen molar-refractivity contribution in [2.45, 2.75) is 33.6 Å². The summed E-state index contributed by atoms with van der Waals surface area (Å²) in [4.78, 5) is 18.3. The van der Waals surface area contributed by atoms with Crippen molar-refractivity contribution in [1.29, 1.82) is 0 Å². The van der Waals surface area contributed by atoms with Gasteiger partial charge in [0.1, 0.15) is 0 Å². The summed E-state index contributed by atoms with van der Waals surface area (Å²) in [5.74, 6) is 0.805. The Morgan fingerprint density at radius 3 is 2.64 bits per heavy atom. The quantitative estimate of drug-likeness (QED) is 0.454. The van der Waals surface area contributed by atoms with Gasteiger partial charge in [-0.15, -0.1) is 0 Å². The molecule has 0 fully saturated rings. The lowest BCUT2D eigenvalue weighted by molar-refractivity contribution is 0.805. The summed E-state index contributed by atoms with van der Waals surface area (Å²) in [5, 5.41) is 4.59. The zero-order valence-corrected chi connectivity index (χ0v) is 16.4. The van der Waals surface area contributed by atoms with Crippen LogP contribution in [0, 0.1) is 24.3 Å². The zero-order chi connectivity index (χ0) is 17.6. The Balaban J connectivity index is 1.61. The van der Waals surface area contributed by atoms with Crippen LogP contribution in [0.2, 0.25) is 0 Å². The molecule has 25 heavy (non-hydrogen) atoms. The van der Waals surface area contributed by atoms with Gasteiger partial charge < -0.3 is 0 Å². The van der Waals surface area contributed by atoms with Crippen molar-refractivity contribution in [2.75, 3.05) is 0 Å². The highest BCUT2D eigenvalue weighted by Crippen LogP contribution is 2.20. The number of aryl methyl sites for hydroxylation is 5. The summed E-state index contributed by atoms with van der Waals surface area (Å²) < 4.78 is 3.06. The molecule has 3 heterocycles. The van der Waals surface area contributed by atoms with E-state index in [2.05, 4.69) is 55.6 Å². The molecule has 0 bridgehead atoms. The van der Waals surface area contributed by atoms with E-state index in [1.54, 1.807) is 0 Å². The minimum atomic E-state index is 0.726. The first-order valence-electron chi connectivity index (χ1n) is 8.11. The Labute approximate surface area is 158 Å². The van der Waals surface area contributed by atoms with Crippen molar-refractivity contribution < 1.29 is 0 Å². The van der Waals surface area contributed by atoms with E-state index in [9.17, 15) is 0 Å². The monoisotopic (exact) mass is 444 g/mol. The molecule has 0 saturated heterocycles. The van der Waals surface area contributed by atoms with Gasteiger partial charge in [-0.2, -0.15) is 5.10 Å². The third-order valence-corrected chi connectivity index (χ3v) is 5.48. The summed E-state index contributed by atoms with van der Waals surface area (Å²) in [6.45, 7) is 6.01. The molecule has 0 aliphatic heterocycles. The Morgan fingerprint density at radius 2 is 1.84 bits per heavy atom. The van der Waals surface area contributed by atoms with Gasteiger partial charge in [-0.3, -0.25) is 9.97 Å². The second-order valence-electron chi connectivity index (χ2n) is 6.15. The number of nitrogens with zero attached hydrogens (tertiary/aromatic N) is 6. The molecule has 0 aliphatic rings. The highest BCUT2D eigenvalue weighted by molar-refractivity contribution is 14.1. The van der Waals surface area contributed by atoms with Crippen LogP contribution in [0.5, 0.6) is 0 Å².